The molecule has 0 unspecified atom stereocenters. The molecule has 4 rings (SSSR count). The molecule has 3 heterocycles. The largest absolute Gasteiger partial charge is 0.354 e. The van der Waals surface area contributed by atoms with Crippen LogP contribution < -0.4 is 10.2 Å². The van der Waals surface area contributed by atoms with Crippen molar-refractivity contribution in [2.75, 3.05) is 51.2 Å². The lowest BCUT2D eigenvalue weighted by Gasteiger charge is -2.36. The minimum atomic E-state index is -0.237. The molecule has 2 aliphatic heterocycles. The third-order valence-corrected chi connectivity index (χ3v) is 5.12. The number of rotatable bonds is 4. The Morgan fingerprint density at radius 1 is 1.00 bits per heavy atom. The summed E-state index contributed by atoms with van der Waals surface area (Å²) in [6, 6.07) is 8.73. The second-order valence-corrected chi connectivity index (χ2v) is 6.80. The molecule has 1 fully saturated rings. The Bertz CT molecular complexity index is 895. The molecule has 0 atom stereocenters. The number of halogens is 1. The van der Waals surface area contributed by atoms with E-state index in [2.05, 4.69) is 30.1 Å². The van der Waals surface area contributed by atoms with E-state index < -0.39 is 0 Å². The monoisotopic (exact) mass is 521 g/mol. The van der Waals surface area contributed by atoms with Gasteiger partial charge < -0.3 is 15.1 Å². The standard InChI is InChI=1S/C20H23N7O2.HI/c1-21-19(25-11-13-26(14-12-25)20-22-7-4-8-23-20)24-9-10-27-17(28)15-5-2-3-6-16(15)18(27)29;/h2-8H,9-14H2,1H3,(H,21,24);1H. The van der Waals surface area contributed by atoms with Crippen LogP contribution in [0.15, 0.2) is 47.7 Å². The number of hydrogen-bond donors (Lipinski definition) is 1. The highest BCUT2D eigenvalue weighted by Gasteiger charge is 2.34. The SMILES string of the molecule is CN=C(NCCN1C(=O)c2ccccc2C1=O)N1CCN(c2ncccn2)CC1.I. The fourth-order valence-corrected chi connectivity index (χ4v) is 3.63. The third kappa shape index (κ3) is 4.37. The number of guanidine groups is 1. The number of carbonyl (C=O) groups excluding carboxylic acids is 2. The van der Waals surface area contributed by atoms with E-state index in [0.29, 0.717) is 24.2 Å². The van der Waals surface area contributed by atoms with Crippen molar-refractivity contribution >= 4 is 47.7 Å². The fraction of sp³-hybridized carbons (Fsp3) is 0.350. The van der Waals surface area contributed by atoms with Crippen molar-refractivity contribution in [1.29, 1.82) is 0 Å². The van der Waals surface area contributed by atoms with E-state index in [1.807, 2.05) is 0 Å². The van der Waals surface area contributed by atoms with Crippen molar-refractivity contribution in [3.05, 3.63) is 53.9 Å². The zero-order valence-electron chi connectivity index (χ0n) is 16.7. The fourth-order valence-electron chi connectivity index (χ4n) is 3.63. The van der Waals surface area contributed by atoms with E-state index in [-0.39, 0.29) is 35.8 Å². The van der Waals surface area contributed by atoms with Crippen LogP contribution in [0.25, 0.3) is 0 Å². The summed E-state index contributed by atoms with van der Waals surface area (Å²) in [6.45, 7) is 3.89. The predicted molar refractivity (Wildman–Crippen MR) is 124 cm³/mol. The van der Waals surface area contributed by atoms with Crippen LogP contribution in [0.1, 0.15) is 20.7 Å². The zero-order valence-corrected chi connectivity index (χ0v) is 19.0. The molecule has 158 valence electrons. The number of imide groups is 1. The number of fused-ring (bicyclic) bond motifs is 1. The van der Waals surface area contributed by atoms with Crippen LogP contribution in [-0.2, 0) is 0 Å². The first-order chi connectivity index (χ1) is 14.2. The van der Waals surface area contributed by atoms with E-state index in [0.717, 1.165) is 38.1 Å². The first-order valence-electron chi connectivity index (χ1n) is 9.62. The number of benzene rings is 1. The summed E-state index contributed by atoms with van der Waals surface area (Å²) in [5.74, 6) is 1.02. The quantitative estimate of drug-likeness (QED) is 0.279. The van der Waals surface area contributed by atoms with Gasteiger partial charge in [0.2, 0.25) is 5.95 Å². The smallest absolute Gasteiger partial charge is 0.261 e. The first-order valence-corrected chi connectivity index (χ1v) is 9.62. The minimum absolute atomic E-state index is 0. The summed E-state index contributed by atoms with van der Waals surface area (Å²) in [6.07, 6.45) is 3.49. The molecular formula is C20H24IN7O2. The number of carbonyl (C=O) groups is 2. The molecule has 1 aromatic heterocycles. The van der Waals surface area contributed by atoms with E-state index in [9.17, 15) is 9.59 Å². The van der Waals surface area contributed by atoms with Crippen molar-refractivity contribution in [1.82, 2.24) is 25.1 Å². The molecule has 1 saturated heterocycles. The van der Waals surface area contributed by atoms with Gasteiger partial charge in [0.05, 0.1) is 11.1 Å². The highest BCUT2D eigenvalue weighted by molar-refractivity contribution is 14.0. The molecule has 0 spiro atoms. The van der Waals surface area contributed by atoms with Gasteiger partial charge in [-0.1, -0.05) is 12.1 Å². The molecule has 30 heavy (non-hydrogen) atoms. The molecule has 10 heteroatoms. The third-order valence-electron chi connectivity index (χ3n) is 5.12. The molecule has 2 aliphatic rings. The second-order valence-electron chi connectivity index (χ2n) is 6.80. The summed E-state index contributed by atoms with van der Waals surface area (Å²) >= 11 is 0. The zero-order chi connectivity index (χ0) is 20.2. The highest BCUT2D eigenvalue weighted by Crippen LogP contribution is 2.21. The van der Waals surface area contributed by atoms with Gasteiger partial charge in [-0.3, -0.25) is 19.5 Å². The van der Waals surface area contributed by atoms with Gasteiger partial charge in [0.25, 0.3) is 11.8 Å². The van der Waals surface area contributed by atoms with Gasteiger partial charge in [-0.2, -0.15) is 0 Å². The van der Waals surface area contributed by atoms with Gasteiger partial charge in [0.15, 0.2) is 5.96 Å². The summed E-state index contributed by atoms with van der Waals surface area (Å²) < 4.78 is 0. The Morgan fingerprint density at radius 3 is 2.17 bits per heavy atom. The first kappa shape index (κ1) is 21.9. The van der Waals surface area contributed by atoms with Crippen LogP contribution in [0.5, 0.6) is 0 Å². The Hall–Kier alpha value is -2.76. The normalized spacial score (nSPS) is 16.4. The van der Waals surface area contributed by atoms with E-state index in [1.165, 1.54) is 4.90 Å². The molecule has 9 nitrogen and oxygen atoms in total. The Kier molecular flexibility index (Phi) is 7.19. The van der Waals surface area contributed by atoms with Gasteiger partial charge >= 0.3 is 0 Å². The Labute approximate surface area is 192 Å². The maximum absolute atomic E-state index is 12.4. The number of aliphatic imine (C=N–C) groups is 1. The lowest BCUT2D eigenvalue weighted by Crippen LogP contribution is -2.53. The number of nitrogens with zero attached hydrogens (tertiary/aromatic N) is 6. The van der Waals surface area contributed by atoms with Crippen molar-refractivity contribution in [2.24, 2.45) is 4.99 Å². The van der Waals surface area contributed by atoms with Crippen LogP contribution >= 0.6 is 24.0 Å². The lowest BCUT2D eigenvalue weighted by atomic mass is 10.1. The van der Waals surface area contributed by atoms with Crippen LogP contribution in [0, 0.1) is 0 Å². The van der Waals surface area contributed by atoms with Crippen molar-refractivity contribution in [2.45, 2.75) is 0 Å². The maximum Gasteiger partial charge on any atom is 0.261 e. The maximum atomic E-state index is 12.4. The average Bonchev–Trinajstić information content (AvgIpc) is 3.02. The molecule has 0 aliphatic carbocycles. The topological polar surface area (TPSA) is 94.0 Å². The molecule has 2 amide bonds. The van der Waals surface area contributed by atoms with Gasteiger partial charge in [-0.25, -0.2) is 9.97 Å². The van der Waals surface area contributed by atoms with Gasteiger partial charge in [-0.15, -0.1) is 24.0 Å². The second kappa shape index (κ2) is 9.83. The van der Waals surface area contributed by atoms with E-state index in [4.69, 9.17) is 0 Å². The minimum Gasteiger partial charge on any atom is -0.354 e. The van der Waals surface area contributed by atoms with Crippen LogP contribution in [0.2, 0.25) is 0 Å². The van der Waals surface area contributed by atoms with Crippen LogP contribution in [-0.4, -0.2) is 83.9 Å². The molecular weight excluding hydrogens is 497 g/mol. The molecule has 2 aromatic rings. The predicted octanol–water partition coefficient (Wildman–Crippen LogP) is 1.09. The molecule has 0 saturated carbocycles. The summed E-state index contributed by atoms with van der Waals surface area (Å²) in [4.78, 5) is 43.4. The Morgan fingerprint density at radius 2 is 1.60 bits per heavy atom. The summed E-state index contributed by atoms with van der Waals surface area (Å²) in [7, 11) is 1.73. The van der Waals surface area contributed by atoms with Gasteiger partial charge in [0.1, 0.15) is 0 Å². The highest BCUT2D eigenvalue weighted by atomic mass is 127. The molecule has 0 bridgehead atoms. The van der Waals surface area contributed by atoms with Crippen LogP contribution in [0.4, 0.5) is 5.95 Å². The van der Waals surface area contributed by atoms with Crippen molar-refractivity contribution < 1.29 is 9.59 Å². The van der Waals surface area contributed by atoms with E-state index >= 15 is 0 Å². The van der Waals surface area contributed by atoms with E-state index in [1.54, 1.807) is 49.8 Å². The molecule has 1 N–H and O–H groups in total. The number of nitrogens with one attached hydrogen (secondary N) is 1. The number of anilines is 1. The van der Waals surface area contributed by atoms with Crippen molar-refractivity contribution in [3.8, 4) is 0 Å². The molecule has 0 radical (unpaired) electrons. The number of aromatic nitrogens is 2. The van der Waals surface area contributed by atoms with Gasteiger partial charge in [0, 0.05) is 58.7 Å². The van der Waals surface area contributed by atoms with Crippen LogP contribution in [0.3, 0.4) is 0 Å². The Balaban J connectivity index is 0.00000256. The summed E-state index contributed by atoms with van der Waals surface area (Å²) in [5.41, 5.74) is 0.947. The average molecular weight is 521 g/mol. The number of piperazine rings is 1. The lowest BCUT2D eigenvalue weighted by molar-refractivity contribution is 0.0657. The number of amides is 2. The summed E-state index contributed by atoms with van der Waals surface area (Å²) in [5, 5.41) is 3.27. The van der Waals surface area contributed by atoms with Crippen molar-refractivity contribution in [3.63, 3.8) is 0 Å². The molecule has 1 aromatic carbocycles. The van der Waals surface area contributed by atoms with Gasteiger partial charge in [-0.05, 0) is 18.2 Å². The number of hydrogen-bond acceptors (Lipinski definition) is 6.